The van der Waals surface area contributed by atoms with Crippen LogP contribution in [0, 0.1) is 0 Å². The highest BCUT2D eigenvalue weighted by molar-refractivity contribution is 5.25. The summed E-state index contributed by atoms with van der Waals surface area (Å²) < 4.78 is 36.5. The van der Waals surface area contributed by atoms with Crippen molar-refractivity contribution in [2.75, 3.05) is 25.1 Å². The Morgan fingerprint density at radius 3 is 2.44 bits per heavy atom. The molecule has 4 N–H and O–H groups in total. The molecule has 1 heterocycles. The Morgan fingerprint density at radius 1 is 1.39 bits per heavy atom. The molecule has 0 spiro atoms. The highest BCUT2D eigenvalue weighted by Crippen LogP contribution is 2.26. The molecule has 6 nitrogen and oxygen atoms in total. The lowest BCUT2D eigenvalue weighted by Gasteiger charge is -2.13. The predicted molar refractivity (Wildman–Crippen MR) is 62.8 cm³/mol. The maximum Gasteiger partial charge on any atom is 0.451 e. The van der Waals surface area contributed by atoms with Crippen LogP contribution >= 0.6 is 0 Å². The van der Waals surface area contributed by atoms with E-state index in [2.05, 4.69) is 15.4 Å². The molecule has 0 aliphatic carbocycles. The Labute approximate surface area is 104 Å². The van der Waals surface area contributed by atoms with Crippen molar-refractivity contribution in [1.29, 1.82) is 0 Å². The molecule has 0 saturated carbocycles. The molecule has 0 unspecified atom stereocenters. The van der Waals surface area contributed by atoms with Gasteiger partial charge in [-0.1, -0.05) is 13.8 Å². The number of aromatic amines is 1. The third-order valence-corrected chi connectivity index (χ3v) is 1.82. The second-order valence-corrected chi connectivity index (χ2v) is 3.13. The zero-order valence-electron chi connectivity index (χ0n) is 10.7. The molecular formula is C9H19F3N6. The SMILES string of the molecule is CC.CNCCCN(N)c1n[nH]c(C(F)(F)F)n1. The number of rotatable bonds is 5. The van der Waals surface area contributed by atoms with Crippen LogP contribution < -0.4 is 16.2 Å². The molecule has 0 saturated heterocycles. The molecule has 106 valence electrons. The second-order valence-electron chi connectivity index (χ2n) is 3.13. The summed E-state index contributed by atoms with van der Waals surface area (Å²) in [4.78, 5) is 3.25. The normalized spacial score (nSPS) is 10.8. The number of halogens is 3. The van der Waals surface area contributed by atoms with Gasteiger partial charge in [0.05, 0.1) is 0 Å². The standard InChI is InChI=1S/C7H13F3N6.C2H6/c1-12-3-2-4-16(11)6-13-5(14-15-6)7(8,9)10;1-2/h12H,2-4,11H2,1H3,(H,13,14,15);1-2H3. The van der Waals surface area contributed by atoms with Crippen LogP contribution in [0.4, 0.5) is 19.1 Å². The summed E-state index contributed by atoms with van der Waals surface area (Å²) in [5.74, 6) is 4.18. The van der Waals surface area contributed by atoms with Gasteiger partial charge in [-0.25, -0.2) is 5.84 Å². The van der Waals surface area contributed by atoms with Gasteiger partial charge in [0.15, 0.2) is 0 Å². The summed E-state index contributed by atoms with van der Waals surface area (Å²) in [6.07, 6.45) is -3.85. The maximum absolute atomic E-state index is 12.2. The Balaban J connectivity index is 0.00000137. The number of alkyl halides is 3. The van der Waals surface area contributed by atoms with Crippen LogP contribution in [-0.4, -0.2) is 35.3 Å². The fourth-order valence-corrected chi connectivity index (χ4v) is 1.03. The summed E-state index contributed by atoms with van der Waals surface area (Å²) in [6, 6.07) is 0. The number of hydrogen-bond donors (Lipinski definition) is 3. The molecule has 18 heavy (non-hydrogen) atoms. The molecular weight excluding hydrogens is 249 g/mol. The van der Waals surface area contributed by atoms with E-state index in [1.54, 1.807) is 12.1 Å². The average Bonchev–Trinajstić information content (AvgIpc) is 2.81. The molecule has 0 radical (unpaired) electrons. The molecule has 0 fully saturated rings. The monoisotopic (exact) mass is 268 g/mol. The minimum atomic E-state index is -4.53. The molecule has 0 aliphatic rings. The molecule has 1 rings (SSSR count). The molecule has 1 aromatic heterocycles. The van der Waals surface area contributed by atoms with Gasteiger partial charge in [0.1, 0.15) is 0 Å². The number of nitrogens with two attached hydrogens (primary N) is 1. The van der Waals surface area contributed by atoms with E-state index in [1.807, 2.05) is 13.8 Å². The van der Waals surface area contributed by atoms with Crippen molar-refractivity contribution in [3.05, 3.63) is 5.82 Å². The minimum absolute atomic E-state index is 0.163. The maximum atomic E-state index is 12.2. The fourth-order valence-electron chi connectivity index (χ4n) is 1.03. The Bertz CT molecular complexity index is 324. The number of nitrogens with one attached hydrogen (secondary N) is 2. The van der Waals surface area contributed by atoms with Crippen molar-refractivity contribution in [1.82, 2.24) is 20.5 Å². The summed E-state index contributed by atoms with van der Waals surface area (Å²) in [5.41, 5.74) is 0. The number of hydrogen-bond acceptors (Lipinski definition) is 5. The predicted octanol–water partition coefficient (Wildman–Crippen LogP) is 1.14. The topological polar surface area (TPSA) is 82.9 Å². The van der Waals surface area contributed by atoms with Crippen LogP contribution in [0.2, 0.25) is 0 Å². The van der Waals surface area contributed by atoms with Crippen LogP contribution in [0.15, 0.2) is 0 Å². The minimum Gasteiger partial charge on any atom is -0.320 e. The third kappa shape index (κ3) is 5.32. The molecule has 0 amide bonds. The van der Waals surface area contributed by atoms with Gasteiger partial charge in [-0.05, 0) is 20.0 Å². The quantitative estimate of drug-likeness (QED) is 0.424. The van der Waals surface area contributed by atoms with E-state index in [0.29, 0.717) is 19.5 Å². The van der Waals surface area contributed by atoms with Crippen molar-refractivity contribution in [2.24, 2.45) is 5.84 Å². The van der Waals surface area contributed by atoms with E-state index in [9.17, 15) is 13.2 Å². The van der Waals surface area contributed by atoms with E-state index in [1.165, 1.54) is 0 Å². The third-order valence-electron chi connectivity index (χ3n) is 1.82. The molecule has 0 bridgehead atoms. The Kier molecular flexibility index (Phi) is 7.29. The molecule has 0 aromatic carbocycles. The van der Waals surface area contributed by atoms with Crippen molar-refractivity contribution < 1.29 is 13.2 Å². The van der Waals surface area contributed by atoms with Gasteiger partial charge in [0.2, 0.25) is 5.82 Å². The van der Waals surface area contributed by atoms with Gasteiger partial charge in [-0.15, -0.1) is 5.10 Å². The van der Waals surface area contributed by atoms with Crippen LogP contribution in [0.5, 0.6) is 0 Å². The molecule has 9 heteroatoms. The molecule has 1 aromatic rings. The van der Waals surface area contributed by atoms with Gasteiger partial charge in [0.25, 0.3) is 5.95 Å². The lowest BCUT2D eigenvalue weighted by molar-refractivity contribution is -0.144. The van der Waals surface area contributed by atoms with Gasteiger partial charge >= 0.3 is 6.18 Å². The first-order chi connectivity index (χ1) is 8.45. The highest BCUT2D eigenvalue weighted by Gasteiger charge is 2.35. The first-order valence-electron chi connectivity index (χ1n) is 5.61. The smallest absolute Gasteiger partial charge is 0.320 e. The summed E-state index contributed by atoms with van der Waals surface area (Å²) in [5, 5.41) is 9.14. The largest absolute Gasteiger partial charge is 0.451 e. The van der Waals surface area contributed by atoms with Crippen molar-refractivity contribution >= 4 is 5.95 Å². The van der Waals surface area contributed by atoms with Crippen LogP contribution in [0.1, 0.15) is 26.1 Å². The van der Waals surface area contributed by atoms with Gasteiger partial charge in [0, 0.05) is 6.54 Å². The molecule has 0 aliphatic heterocycles. The van der Waals surface area contributed by atoms with E-state index in [4.69, 9.17) is 5.84 Å². The highest BCUT2D eigenvalue weighted by atomic mass is 19.4. The number of aromatic nitrogens is 3. The Hall–Kier alpha value is -1.35. The number of H-pyrrole nitrogens is 1. The van der Waals surface area contributed by atoms with Crippen LogP contribution in [0.3, 0.4) is 0 Å². The average molecular weight is 268 g/mol. The van der Waals surface area contributed by atoms with Gasteiger partial charge in [-0.3, -0.25) is 10.1 Å². The summed E-state index contributed by atoms with van der Waals surface area (Å²) in [6.45, 7) is 5.08. The zero-order valence-corrected chi connectivity index (χ0v) is 10.7. The van der Waals surface area contributed by atoms with E-state index >= 15 is 0 Å². The van der Waals surface area contributed by atoms with Gasteiger partial charge in [-0.2, -0.15) is 18.2 Å². The lowest BCUT2D eigenvalue weighted by Crippen LogP contribution is -2.34. The van der Waals surface area contributed by atoms with Crippen molar-refractivity contribution in [3.63, 3.8) is 0 Å². The number of anilines is 1. The van der Waals surface area contributed by atoms with Crippen LogP contribution in [-0.2, 0) is 6.18 Å². The first kappa shape index (κ1) is 16.6. The van der Waals surface area contributed by atoms with Crippen LogP contribution in [0.25, 0.3) is 0 Å². The van der Waals surface area contributed by atoms with E-state index < -0.39 is 12.0 Å². The summed E-state index contributed by atoms with van der Waals surface area (Å²) in [7, 11) is 1.77. The van der Waals surface area contributed by atoms with Crippen molar-refractivity contribution in [3.8, 4) is 0 Å². The number of nitrogens with zero attached hydrogens (tertiary/aromatic N) is 3. The van der Waals surface area contributed by atoms with Gasteiger partial charge < -0.3 is 5.32 Å². The zero-order chi connectivity index (χ0) is 14.2. The lowest BCUT2D eigenvalue weighted by atomic mass is 10.4. The summed E-state index contributed by atoms with van der Waals surface area (Å²) >= 11 is 0. The first-order valence-corrected chi connectivity index (χ1v) is 5.61. The molecule has 0 atom stereocenters. The number of hydrazine groups is 1. The van der Waals surface area contributed by atoms with E-state index in [0.717, 1.165) is 5.01 Å². The van der Waals surface area contributed by atoms with Crippen molar-refractivity contribution in [2.45, 2.75) is 26.4 Å². The second kappa shape index (κ2) is 7.88. The Morgan fingerprint density at radius 2 is 2.00 bits per heavy atom. The fraction of sp³-hybridized carbons (Fsp3) is 0.778. The van der Waals surface area contributed by atoms with E-state index in [-0.39, 0.29) is 5.95 Å².